The number of benzene rings is 1. The molecule has 8 heteroatoms. The predicted octanol–water partition coefficient (Wildman–Crippen LogP) is 6.22. The summed E-state index contributed by atoms with van der Waals surface area (Å²) in [7, 11) is 0. The molecule has 1 aliphatic rings. The van der Waals surface area contributed by atoms with Crippen LogP contribution in [0.1, 0.15) is 44.7 Å². The first-order chi connectivity index (χ1) is 15.2. The molecule has 0 radical (unpaired) electrons. The second kappa shape index (κ2) is 10.1. The van der Waals surface area contributed by atoms with Crippen LogP contribution in [0.2, 0.25) is 0 Å². The minimum Gasteiger partial charge on any atom is -0.489 e. The highest BCUT2D eigenvalue weighted by Crippen LogP contribution is 2.39. The van der Waals surface area contributed by atoms with Crippen molar-refractivity contribution in [1.82, 2.24) is 4.98 Å². The number of carboxylic acids is 1. The molecule has 1 aliphatic carbocycles. The monoisotopic (exact) mass is 448 g/mol. The van der Waals surface area contributed by atoms with E-state index in [1.54, 1.807) is 25.1 Å². The highest BCUT2D eigenvalue weighted by Gasteiger charge is 2.37. The van der Waals surface area contributed by atoms with Crippen LogP contribution in [0.4, 0.5) is 13.2 Å². The van der Waals surface area contributed by atoms with Gasteiger partial charge in [0.1, 0.15) is 12.4 Å². The Bertz CT molecular complexity index is 1040. The Balaban J connectivity index is 1.75. The number of aryl methyl sites for hydroxylation is 1. The van der Waals surface area contributed by atoms with Crippen LogP contribution in [0.3, 0.4) is 0 Å². The molecule has 2 aromatic rings. The zero-order valence-corrected chi connectivity index (χ0v) is 18.0. The fourth-order valence-electron chi connectivity index (χ4n) is 4.06. The summed E-state index contributed by atoms with van der Waals surface area (Å²) < 4.78 is 47.0. The third-order valence-electron chi connectivity index (χ3n) is 5.61. The Morgan fingerprint density at radius 1 is 1.31 bits per heavy atom. The van der Waals surface area contributed by atoms with Gasteiger partial charge in [0.25, 0.3) is 0 Å². The first-order valence-corrected chi connectivity index (χ1v) is 10.6. The van der Waals surface area contributed by atoms with Crippen molar-refractivity contribution in [3.63, 3.8) is 0 Å². The number of halogens is 3. The third-order valence-corrected chi connectivity index (χ3v) is 5.61. The van der Waals surface area contributed by atoms with Gasteiger partial charge in [-0.15, -0.1) is 0 Å². The molecule has 5 nitrogen and oxygen atoms in total. The Hall–Kier alpha value is -3.03. The normalized spacial score (nSPS) is 16.3. The lowest BCUT2D eigenvalue weighted by Gasteiger charge is -2.17. The molecule has 0 saturated heterocycles. The van der Waals surface area contributed by atoms with Crippen LogP contribution in [0.15, 0.2) is 52.2 Å². The molecular formula is C24H27F3N2O3. The molecule has 1 fully saturated rings. The van der Waals surface area contributed by atoms with Gasteiger partial charge >= 0.3 is 12.1 Å². The molecule has 1 heterocycles. The summed E-state index contributed by atoms with van der Waals surface area (Å²) in [6.07, 6.45) is 0.205. The smallest absolute Gasteiger partial charge is 0.418 e. The van der Waals surface area contributed by atoms with Gasteiger partial charge in [-0.3, -0.25) is 9.79 Å². The van der Waals surface area contributed by atoms with Crippen molar-refractivity contribution < 1.29 is 27.8 Å². The van der Waals surface area contributed by atoms with Gasteiger partial charge in [0.05, 0.1) is 17.7 Å². The van der Waals surface area contributed by atoms with E-state index in [4.69, 9.17) is 9.84 Å². The topological polar surface area (TPSA) is 74.7 Å². The van der Waals surface area contributed by atoms with E-state index in [2.05, 4.69) is 16.7 Å². The standard InChI is InChI=1S/C24H27F3N2O3/c1-15(11-20(24(25,26)27)23(28-2)16-5-3-4-6-16)14-32-19-8-9-21-17(13-19)12-18(29-21)7-10-22(30)31/h8-9,11-13,16,29H,2-7,10,14H2,1H3,(H,30,31)/b15-11+,23-20+. The number of fused-ring (bicyclic) bond motifs is 1. The average Bonchev–Trinajstić information content (AvgIpc) is 3.39. The van der Waals surface area contributed by atoms with E-state index >= 15 is 0 Å². The molecule has 0 amide bonds. The molecule has 1 aromatic heterocycles. The highest BCUT2D eigenvalue weighted by atomic mass is 19.4. The number of rotatable bonds is 9. The van der Waals surface area contributed by atoms with E-state index in [9.17, 15) is 18.0 Å². The Morgan fingerprint density at radius 2 is 2.03 bits per heavy atom. The van der Waals surface area contributed by atoms with Crippen LogP contribution in [-0.4, -0.2) is 35.6 Å². The number of ether oxygens (including phenoxy) is 1. The molecule has 172 valence electrons. The van der Waals surface area contributed by atoms with Crippen molar-refractivity contribution in [1.29, 1.82) is 0 Å². The summed E-state index contributed by atoms with van der Waals surface area (Å²) in [6, 6.07) is 7.15. The number of hydrogen-bond acceptors (Lipinski definition) is 3. The number of H-pyrrole nitrogens is 1. The molecule has 1 aromatic carbocycles. The molecular weight excluding hydrogens is 421 g/mol. The van der Waals surface area contributed by atoms with Crippen molar-refractivity contribution >= 4 is 23.6 Å². The fraction of sp³-hybridized carbons (Fsp3) is 0.417. The number of alkyl halides is 3. The van der Waals surface area contributed by atoms with E-state index in [-0.39, 0.29) is 24.6 Å². The number of nitrogens with zero attached hydrogens (tertiary/aromatic N) is 1. The minimum atomic E-state index is -4.52. The predicted molar refractivity (Wildman–Crippen MR) is 118 cm³/mol. The lowest BCUT2D eigenvalue weighted by molar-refractivity contribution is -0.137. The van der Waals surface area contributed by atoms with Crippen molar-refractivity contribution in [2.75, 3.05) is 6.61 Å². The molecule has 2 N–H and O–H groups in total. The van der Waals surface area contributed by atoms with E-state index < -0.39 is 17.7 Å². The van der Waals surface area contributed by atoms with Crippen LogP contribution >= 0.6 is 0 Å². The number of allylic oxidation sites excluding steroid dienone is 3. The molecule has 0 unspecified atom stereocenters. The van der Waals surface area contributed by atoms with Crippen molar-refractivity contribution in [2.45, 2.75) is 51.6 Å². The first-order valence-electron chi connectivity index (χ1n) is 10.6. The molecule has 0 bridgehead atoms. The second-order valence-corrected chi connectivity index (χ2v) is 8.15. The van der Waals surface area contributed by atoms with Gasteiger partial charge in [0.2, 0.25) is 0 Å². The van der Waals surface area contributed by atoms with E-state index in [0.717, 1.165) is 35.5 Å². The molecule has 0 atom stereocenters. The maximum atomic E-state index is 13.8. The number of aliphatic carboxylic acids is 1. The summed E-state index contributed by atoms with van der Waals surface area (Å²) in [4.78, 5) is 17.7. The zero-order valence-electron chi connectivity index (χ0n) is 18.0. The van der Waals surface area contributed by atoms with Crippen LogP contribution in [0, 0.1) is 5.92 Å². The first kappa shape index (κ1) is 23.6. The van der Waals surface area contributed by atoms with Crippen molar-refractivity contribution in [3.8, 4) is 5.75 Å². The van der Waals surface area contributed by atoms with Crippen LogP contribution in [0.25, 0.3) is 10.9 Å². The van der Waals surface area contributed by atoms with Gasteiger partial charge in [-0.05, 0) is 68.8 Å². The van der Waals surface area contributed by atoms with E-state index in [1.165, 1.54) is 0 Å². The van der Waals surface area contributed by atoms with Gasteiger partial charge < -0.3 is 14.8 Å². The minimum absolute atomic E-state index is 0.00350. The molecule has 1 saturated carbocycles. The van der Waals surface area contributed by atoms with Crippen molar-refractivity contribution in [3.05, 3.63) is 52.9 Å². The second-order valence-electron chi connectivity index (χ2n) is 8.15. The highest BCUT2D eigenvalue weighted by molar-refractivity contribution is 5.82. The summed E-state index contributed by atoms with van der Waals surface area (Å²) in [5.41, 5.74) is 1.34. The third kappa shape index (κ3) is 6.02. The SMILES string of the molecule is C=N/C(=C(\C=C(/C)COc1ccc2[nH]c(CCC(=O)O)cc2c1)C(F)(F)F)C1CCCC1. The maximum absolute atomic E-state index is 13.8. The summed E-state index contributed by atoms with van der Waals surface area (Å²) in [5, 5.41) is 9.66. The molecule has 3 rings (SSSR count). The zero-order chi connectivity index (χ0) is 23.3. The Kier molecular flexibility index (Phi) is 7.43. The fourth-order valence-corrected chi connectivity index (χ4v) is 4.06. The number of carboxylic acid groups (broad SMARTS) is 1. The van der Waals surface area contributed by atoms with E-state index in [0.29, 0.717) is 30.6 Å². The summed E-state index contributed by atoms with van der Waals surface area (Å²) in [5.74, 6) is -0.560. The maximum Gasteiger partial charge on any atom is 0.418 e. The van der Waals surface area contributed by atoms with Gasteiger partial charge in [-0.1, -0.05) is 12.8 Å². The molecule has 0 aliphatic heterocycles. The average molecular weight is 448 g/mol. The summed E-state index contributed by atoms with van der Waals surface area (Å²) >= 11 is 0. The van der Waals surface area contributed by atoms with Gasteiger partial charge in [-0.2, -0.15) is 13.2 Å². The number of aromatic amines is 1. The Morgan fingerprint density at radius 3 is 2.66 bits per heavy atom. The van der Waals surface area contributed by atoms with E-state index in [1.807, 2.05) is 6.07 Å². The Labute approximate surface area is 184 Å². The number of hydrogen-bond donors (Lipinski definition) is 2. The summed E-state index contributed by atoms with van der Waals surface area (Å²) in [6.45, 7) is 4.98. The van der Waals surface area contributed by atoms with Gasteiger partial charge in [-0.25, -0.2) is 0 Å². The quantitative estimate of drug-likeness (QED) is 0.353. The molecule has 32 heavy (non-hydrogen) atoms. The number of aliphatic imine (C=N–C) groups is 1. The van der Waals surface area contributed by atoms with Gasteiger partial charge in [0.15, 0.2) is 0 Å². The lowest BCUT2D eigenvalue weighted by atomic mass is 9.97. The van der Waals surface area contributed by atoms with Crippen molar-refractivity contribution in [2.24, 2.45) is 10.9 Å². The lowest BCUT2D eigenvalue weighted by Crippen LogP contribution is -2.16. The molecule has 0 spiro atoms. The number of nitrogens with one attached hydrogen (secondary N) is 1. The van der Waals surface area contributed by atoms with Crippen LogP contribution in [0.5, 0.6) is 5.75 Å². The van der Waals surface area contributed by atoms with Gasteiger partial charge in [0, 0.05) is 22.5 Å². The van der Waals surface area contributed by atoms with Crippen LogP contribution in [-0.2, 0) is 11.2 Å². The number of carbonyl (C=O) groups is 1. The largest absolute Gasteiger partial charge is 0.489 e. The number of aromatic nitrogens is 1. The van der Waals surface area contributed by atoms with Crippen LogP contribution < -0.4 is 4.74 Å².